The summed E-state index contributed by atoms with van der Waals surface area (Å²) in [5.41, 5.74) is 1.47. The van der Waals surface area contributed by atoms with Crippen LogP contribution in [0.5, 0.6) is 5.75 Å². The van der Waals surface area contributed by atoms with Crippen molar-refractivity contribution in [2.45, 2.75) is 45.8 Å². The molecule has 8 heteroatoms. The molecule has 1 N–H and O–H groups in total. The fraction of sp³-hybridized carbons (Fsp3) is 0.565. The lowest BCUT2D eigenvalue weighted by molar-refractivity contribution is -0.130. The number of carbonyl (C=O) groups excluding carboxylic acids is 2. The van der Waals surface area contributed by atoms with E-state index in [0.717, 1.165) is 47.1 Å². The van der Waals surface area contributed by atoms with Crippen LogP contribution in [0.2, 0.25) is 0 Å². The maximum Gasteiger partial charge on any atom is 0.270 e. The van der Waals surface area contributed by atoms with Crippen LogP contribution in [0.1, 0.15) is 44.1 Å². The Balaban J connectivity index is 1.44. The van der Waals surface area contributed by atoms with E-state index in [1.807, 2.05) is 18.2 Å². The van der Waals surface area contributed by atoms with Gasteiger partial charge in [0.1, 0.15) is 17.5 Å². The minimum absolute atomic E-state index is 0.0287. The van der Waals surface area contributed by atoms with Crippen molar-refractivity contribution < 1.29 is 14.3 Å². The van der Waals surface area contributed by atoms with Gasteiger partial charge in [-0.3, -0.25) is 9.59 Å². The van der Waals surface area contributed by atoms with E-state index in [9.17, 15) is 9.59 Å². The summed E-state index contributed by atoms with van der Waals surface area (Å²) in [5, 5.41) is 0.962. The maximum absolute atomic E-state index is 13.0. The van der Waals surface area contributed by atoms with Gasteiger partial charge in [-0.2, -0.15) is 0 Å². The van der Waals surface area contributed by atoms with Gasteiger partial charge >= 0.3 is 0 Å². The highest BCUT2D eigenvalue weighted by Gasteiger charge is 2.25. The fourth-order valence-corrected chi connectivity index (χ4v) is 4.86. The van der Waals surface area contributed by atoms with E-state index in [1.165, 1.54) is 0 Å². The van der Waals surface area contributed by atoms with Crippen LogP contribution in [0.25, 0.3) is 10.9 Å². The first-order valence-electron chi connectivity index (χ1n) is 11.1. The molecule has 0 unspecified atom stereocenters. The largest absolute Gasteiger partial charge is 0.489 e. The molecular weight excluding hydrogens is 460 g/mol. The first-order chi connectivity index (χ1) is 14.8. The van der Waals surface area contributed by atoms with Crippen LogP contribution in [-0.4, -0.2) is 82.9 Å². The van der Waals surface area contributed by atoms with E-state index in [2.05, 4.69) is 39.7 Å². The SMILES string of the molecule is CC(=O)N1CCN(C(=O)c2cc3cc(OC4CCN(C(C)C)CC4)c(Br)cc3[nH]2)CC1. The Hall–Kier alpha value is -2.06. The average molecular weight is 491 g/mol. The minimum atomic E-state index is -0.0287. The number of piperazine rings is 1. The van der Waals surface area contributed by atoms with Crippen molar-refractivity contribution in [1.29, 1.82) is 0 Å². The van der Waals surface area contributed by atoms with Crippen LogP contribution in [0, 0.1) is 0 Å². The second-order valence-corrected chi connectivity index (χ2v) is 9.65. The van der Waals surface area contributed by atoms with Gasteiger partial charge in [0.05, 0.1) is 4.47 Å². The van der Waals surface area contributed by atoms with E-state index in [-0.39, 0.29) is 17.9 Å². The zero-order valence-electron chi connectivity index (χ0n) is 18.5. The lowest BCUT2D eigenvalue weighted by atomic mass is 10.1. The van der Waals surface area contributed by atoms with Gasteiger partial charge in [-0.05, 0) is 60.8 Å². The predicted molar refractivity (Wildman–Crippen MR) is 125 cm³/mol. The van der Waals surface area contributed by atoms with Crippen molar-refractivity contribution in [2.24, 2.45) is 0 Å². The third-order valence-corrected chi connectivity index (χ3v) is 7.04. The van der Waals surface area contributed by atoms with Crippen LogP contribution < -0.4 is 4.74 Å². The van der Waals surface area contributed by atoms with Crippen molar-refractivity contribution in [1.82, 2.24) is 19.7 Å². The van der Waals surface area contributed by atoms with Crippen LogP contribution >= 0.6 is 15.9 Å². The molecule has 168 valence electrons. The number of aromatic nitrogens is 1. The molecule has 4 rings (SSSR count). The summed E-state index contributed by atoms with van der Waals surface area (Å²) in [5.74, 6) is 0.854. The molecule has 2 fully saturated rings. The summed E-state index contributed by atoms with van der Waals surface area (Å²) in [6.07, 6.45) is 2.25. The quantitative estimate of drug-likeness (QED) is 0.711. The average Bonchev–Trinajstić information content (AvgIpc) is 3.16. The van der Waals surface area contributed by atoms with E-state index in [1.54, 1.807) is 16.7 Å². The smallest absolute Gasteiger partial charge is 0.270 e. The molecule has 2 amide bonds. The molecule has 2 aliphatic heterocycles. The molecule has 0 atom stereocenters. The first kappa shape index (κ1) is 22.1. The third-order valence-electron chi connectivity index (χ3n) is 6.42. The number of aromatic amines is 1. The number of H-pyrrole nitrogens is 1. The fourth-order valence-electron chi connectivity index (χ4n) is 4.42. The number of hydrogen-bond acceptors (Lipinski definition) is 4. The highest BCUT2D eigenvalue weighted by atomic mass is 79.9. The summed E-state index contributed by atoms with van der Waals surface area (Å²) < 4.78 is 7.21. The Bertz CT molecular complexity index is 957. The Morgan fingerprint density at radius 3 is 2.29 bits per heavy atom. The number of nitrogens with one attached hydrogen (secondary N) is 1. The van der Waals surface area contributed by atoms with E-state index in [4.69, 9.17) is 4.74 Å². The first-order valence-corrected chi connectivity index (χ1v) is 11.9. The van der Waals surface area contributed by atoms with Crippen LogP contribution in [-0.2, 0) is 4.79 Å². The highest BCUT2D eigenvalue weighted by molar-refractivity contribution is 9.10. The lowest BCUT2D eigenvalue weighted by Crippen LogP contribution is -2.50. The third kappa shape index (κ3) is 4.90. The van der Waals surface area contributed by atoms with Gasteiger partial charge in [-0.15, -0.1) is 0 Å². The Morgan fingerprint density at radius 1 is 1.03 bits per heavy atom. The maximum atomic E-state index is 13.0. The number of amides is 2. The van der Waals surface area contributed by atoms with Gasteiger partial charge in [0.2, 0.25) is 5.91 Å². The number of benzene rings is 1. The summed E-state index contributed by atoms with van der Waals surface area (Å²) in [6.45, 7) is 10.4. The Labute approximate surface area is 191 Å². The molecule has 1 aromatic carbocycles. The number of fused-ring (bicyclic) bond motifs is 1. The number of hydrogen-bond donors (Lipinski definition) is 1. The van der Waals surface area contributed by atoms with Crippen LogP contribution in [0.15, 0.2) is 22.7 Å². The molecule has 1 aromatic heterocycles. The standard InChI is InChI=1S/C23H31BrN4O3/c1-15(2)26-6-4-18(5-7-26)31-22-13-17-12-21(25-20(17)14-19(22)24)23(30)28-10-8-27(9-11-28)16(3)29/h12-15,18,25H,4-11H2,1-3H3. The number of nitrogens with zero attached hydrogens (tertiary/aromatic N) is 3. The van der Waals surface area contributed by atoms with E-state index < -0.39 is 0 Å². The molecule has 0 bridgehead atoms. The van der Waals surface area contributed by atoms with E-state index >= 15 is 0 Å². The minimum Gasteiger partial charge on any atom is -0.489 e. The van der Waals surface area contributed by atoms with Crippen molar-refractivity contribution in [3.05, 3.63) is 28.4 Å². The van der Waals surface area contributed by atoms with Crippen molar-refractivity contribution in [3.8, 4) is 5.75 Å². The van der Waals surface area contributed by atoms with Crippen molar-refractivity contribution in [3.63, 3.8) is 0 Å². The second kappa shape index (κ2) is 9.20. The second-order valence-electron chi connectivity index (χ2n) is 8.80. The van der Waals surface area contributed by atoms with Gasteiger partial charge in [0.25, 0.3) is 5.91 Å². The molecule has 2 aromatic rings. The van der Waals surface area contributed by atoms with Crippen molar-refractivity contribution in [2.75, 3.05) is 39.3 Å². The molecule has 3 heterocycles. The normalized spacial score (nSPS) is 18.7. The van der Waals surface area contributed by atoms with E-state index in [0.29, 0.717) is 37.9 Å². The van der Waals surface area contributed by atoms with Crippen LogP contribution in [0.3, 0.4) is 0 Å². The van der Waals surface area contributed by atoms with Gasteiger partial charge in [0, 0.05) is 63.1 Å². The van der Waals surface area contributed by atoms with Gasteiger partial charge in [-0.25, -0.2) is 0 Å². The lowest BCUT2D eigenvalue weighted by Gasteiger charge is -2.34. The number of carbonyl (C=O) groups is 2. The molecular formula is C23H31BrN4O3. The number of likely N-dealkylation sites (tertiary alicyclic amines) is 1. The van der Waals surface area contributed by atoms with Crippen molar-refractivity contribution >= 4 is 38.6 Å². The summed E-state index contributed by atoms with van der Waals surface area (Å²) in [4.78, 5) is 33.8. The number of ether oxygens (including phenoxy) is 1. The Kier molecular flexibility index (Phi) is 6.57. The number of piperidine rings is 1. The molecule has 0 aliphatic carbocycles. The van der Waals surface area contributed by atoms with Gasteiger partial charge in [-0.1, -0.05) is 0 Å². The van der Waals surface area contributed by atoms with Crippen LogP contribution in [0.4, 0.5) is 0 Å². The monoisotopic (exact) mass is 490 g/mol. The highest BCUT2D eigenvalue weighted by Crippen LogP contribution is 2.33. The zero-order valence-corrected chi connectivity index (χ0v) is 20.1. The molecule has 0 radical (unpaired) electrons. The van der Waals surface area contributed by atoms with Gasteiger partial charge < -0.3 is 24.4 Å². The zero-order chi connectivity index (χ0) is 22.1. The molecule has 7 nitrogen and oxygen atoms in total. The summed E-state index contributed by atoms with van der Waals surface area (Å²) in [7, 11) is 0. The predicted octanol–water partition coefficient (Wildman–Crippen LogP) is 3.49. The molecule has 2 aliphatic rings. The Morgan fingerprint density at radius 2 is 1.68 bits per heavy atom. The number of halogens is 1. The molecule has 0 spiro atoms. The number of rotatable bonds is 4. The molecule has 31 heavy (non-hydrogen) atoms. The molecule has 2 saturated heterocycles. The topological polar surface area (TPSA) is 68.9 Å². The van der Waals surface area contributed by atoms with Gasteiger partial charge in [0.15, 0.2) is 0 Å². The summed E-state index contributed by atoms with van der Waals surface area (Å²) >= 11 is 3.63. The summed E-state index contributed by atoms with van der Waals surface area (Å²) in [6, 6.07) is 6.47. The molecule has 0 saturated carbocycles.